The topological polar surface area (TPSA) is 66.5 Å². The number of carbonyl (C=O) groups is 1. The van der Waals surface area contributed by atoms with Gasteiger partial charge in [-0.3, -0.25) is 4.79 Å². The van der Waals surface area contributed by atoms with Crippen LogP contribution in [0.5, 0.6) is 0 Å². The monoisotopic (exact) mass is 192 g/mol. The van der Waals surface area contributed by atoms with Crippen LogP contribution in [0, 0.1) is 5.92 Å². The van der Waals surface area contributed by atoms with Gasteiger partial charge in [-0.2, -0.15) is 0 Å². The third-order valence-corrected chi connectivity index (χ3v) is 3.17. The van der Waals surface area contributed by atoms with E-state index in [1.54, 1.807) is 7.05 Å². The maximum absolute atomic E-state index is 10.9. The normalized spacial score (nSPS) is 20.2. The lowest BCUT2D eigenvalue weighted by molar-refractivity contribution is -0.127. The predicted molar refractivity (Wildman–Crippen MR) is 44.0 cm³/mol. The first-order chi connectivity index (χ1) is 5.45. The van der Waals surface area contributed by atoms with E-state index in [9.17, 15) is 13.2 Å². The van der Waals surface area contributed by atoms with E-state index < -0.39 is 10.0 Å². The number of hydrogen-bond donors (Lipinski definition) is 1. The van der Waals surface area contributed by atoms with Crippen LogP contribution in [0.3, 0.4) is 0 Å². The molecule has 1 saturated heterocycles. The molecule has 1 heterocycles. The Morgan fingerprint density at radius 1 is 1.50 bits per heavy atom. The van der Waals surface area contributed by atoms with Gasteiger partial charge in [0.25, 0.3) is 0 Å². The van der Waals surface area contributed by atoms with Crippen LogP contribution in [-0.2, 0) is 14.8 Å². The molecule has 12 heavy (non-hydrogen) atoms. The van der Waals surface area contributed by atoms with Gasteiger partial charge < -0.3 is 5.32 Å². The molecule has 0 saturated carbocycles. The van der Waals surface area contributed by atoms with Gasteiger partial charge >= 0.3 is 0 Å². The predicted octanol–water partition coefficient (Wildman–Crippen LogP) is -1.38. The number of rotatable bonds is 2. The van der Waals surface area contributed by atoms with Crippen molar-refractivity contribution >= 4 is 15.9 Å². The number of carbonyl (C=O) groups excluding carboxylic acids is 1. The Morgan fingerprint density at radius 2 is 2.00 bits per heavy atom. The average Bonchev–Trinajstić information content (AvgIpc) is 1.80. The fourth-order valence-electron chi connectivity index (χ4n) is 1.08. The van der Waals surface area contributed by atoms with Gasteiger partial charge in [-0.15, -0.1) is 0 Å². The molecule has 0 aromatic carbocycles. The van der Waals surface area contributed by atoms with Gasteiger partial charge in [0.2, 0.25) is 15.9 Å². The van der Waals surface area contributed by atoms with Crippen LogP contribution in [0.2, 0.25) is 0 Å². The highest BCUT2D eigenvalue weighted by atomic mass is 32.2. The highest BCUT2D eigenvalue weighted by molar-refractivity contribution is 7.88. The molecular weight excluding hydrogens is 180 g/mol. The van der Waals surface area contributed by atoms with E-state index >= 15 is 0 Å². The summed E-state index contributed by atoms with van der Waals surface area (Å²) in [5.41, 5.74) is 0. The van der Waals surface area contributed by atoms with Crippen molar-refractivity contribution in [3.8, 4) is 0 Å². The summed E-state index contributed by atoms with van der Waals surface area (Å²) >= 11 is 0. The zero-order valence-corrected chi connectivity index (χ0v) is 7.89. The van der Waals surface area contributed by atoms with Crippen LogP contribution in [0.15, 0.2) is 0 Å². The summed E-state index contributed by atoms with van der Waals surface area (Å²) in [4.78, 5) is 10.9. The van der Waals surface area contributed by atoms with E-state index in [4.69, 9.17) is 0 Å². The molecule has 1 rings (SSSR count). The standard InChI is InChI=1S/C6H12N2O3S/c1-7-6(9)5-3-8(4-5)12(2,10)11/h5H,3-4H2,1-2H3,(H,7,9). The van der Waals surface area contributed by atoms with Gasteiger partial charge in [0, 0.05) is 20.1 Å². The van der Waals surface area contributed by atoms with Gasteiger partial charge in [0.1, 0.15) is 0 Å². The number of amides is 1. The minimum absolute atomic E-state index is 0.0881. The second-order valence-corrected chi connectivity index (χ2v) is 4.87. The molecule has 6 heteroatoms. The minimum Gasteiger partial charge on any atom is -0.359 e. The maximum atomic E-state index is 10.9. The van der Waals surface area contributed by atoms with Crippen molar-refractivity contribution in [3.05, 3.63) is 0 Å². The molecule has 0 aromatic rings. The van der Waals surface area contributed by atoms with Gasteiger partial charge in [0.15, 0.2) is 0 Å². The van der Waals surface area contributed by atoms with Gasteiger partial charge in [-0.1, -0.05) is 0 Å². The van der Waals surface area contributed by atoms with Crippen LogP contribution in [0.1, 0.15) is 0 Å². The van der Waals surface area contributed by atoms with Crippen molar-refractivity contribution in [2.24, 2.45) is 5.92 Å². The van der Waals surface area contributed by atoms with E-state index in [2.05, 4.69) is 5.32 Å². The molecule has 0 atom stereocenters. The first-order valence-electron chi connectivity index (χ1n) is 3.62. The SMILES string of the molecule is CNC(=O)C1CN(S(C)(=O)=O)C1. The molecule has 0 radical (unpaired) electrons. The molecule has 1 aliphatic rings. The summed E-state index contributed by atoms with van der Waals surface area (Å²) in [6.07, 6.45) is 1.15. The van der Waals surface area contributed by atoms with Crippen molar-refractivity contribution in [2.75, 3.05) is 26.4 Å². The molecule has 0 spiro atoms. The minimum atomic E-state index is -3.09. The molecule has 1 amide bonds. The zero-order chi connectivity index (χ0) is 9.35. The van der Waals surface area contributed by atoms with Crippen LogP contribution < -0.4 is 5.32 Å². The second kappa shape index (κ2) is 3.02. The van der Waals surface area contributed by atoms with Crippen molar-refractivity contribution in [1.29, 1.82) is 0 Å². The first-order valence-corrected chi connectivity index (χ1v) is 5.46. The maximum Gasteiger partial charge on any atom is 0.225 e. The van der Waals surface area contributed by atoms with E-state index in [-0.39, 0.29) is 11.8 Å². The third kappa shape index (κ3) is 1.75. The molecule has 1 aliphatic heterocycles. The highest BCUT2D eigenvalue weighted by Crippen LogP contribution is 2.18. The lowest BCUT2D eigenvalue weighted by Gasteiger charge is -2.35. The van der Waals surface area contributed by atoms with Crippen LogP contribution >= 0.6 is 0 Å². The van der Waals surface area contributed by atoms with Gasteiger partial charge in [0.05, 0.1) is 12.2 Å². The molecule has 0 bridgehead atoms. The number of nitrogens with one attached hydrogen (secondary N) is 1. The summed E-state index contributed by atoms with van der Waals surface area (Å²) in [6.45, 7) is 0.636. The molecule has 70 valence electrons. The van der Waals surface area contributed by atoms with Crippen molar-refractivity contribution in [2.45, 2.75) is 0 Å². The van der Waals surface area contributed by atoms with E-state index in [1.165, 1.54) is 4.31 Å². The van der Waals surface area contributed by atoms with E-state index in [1.807, 2.05) is 0 Å². The van der Waals surface area contributed by atoms with Crippen molar-refractivity contribution in [1.82, 2.24) is 9.62 Å². The molecule has 1 N–H and O–H groups in total. The molecule has 0 unspecified atom stereocenters. The average molecular weight is 192 g/mol. The van der Waals surface area contributed by atoms with Gasteiger partial charge in [-0.25, -0.2) is 12.7 Å². The van der Waals surface area contributed by atoms with Crippen molar-refractivity contribution < 1.29 is 13.2 Å². The quantitative estimate of drug-likeness (QED) is 0.586. The largest absolute Gasteiger partial charge is 0.359 e. The Balaban J connectivity index is 2.44. The van der Waals surface area contributed by atoms with Crippen LogP contribution in [0.25, 0.3) is 0 Å². The lowest BCUT2D eigenvalue weighted by atomic mass is 10.0. The summed E-state index contributed by atoms with van der Waals surface area (Å²) in [5.74, 6) is -0.250. The molecule has 0 aliphatic carbocycles. The van der Waals surface area contributed by atoms with Gasteiger partial charge in [-0.05, 0) is 0 Å². The van der Waals surface area contributed by atoms with Crippen LogP contribution in [0.4, 0.5) is 0 Å². The van der Waals surface area contributed by atoms with E-state index in [0.717, 1.165) is 6.26 Å². The zero-order valence-electron chi connectivity index (χ0n) is 7.07. The molecule has 0 aromatic heterocycles. The molecular formula is C6H12N2O3S. The number of sulfonamides is 1. The van der Waals surface area contributed by atoms with Crippen LogP contribution in [-0.4, -0.2) is 45.0 Å². The Labute approximate surface area is 71.8 Å². The summed E-state index contributed by atoms with van der Waals surface area (Å²) in [6, 6.07) is 0. The smallest absolute Gasteiger partial charge is 0.225 e. The van der Waals surface area contributed by atoms with E-state index in [0.29, 0.717) is 13.1 Å². The Kier molecular flexibility index (Phi) is 2.39. The summed E-state index contributed by atoms with van der Waals surface area (Å²) < 4.78 is 23.0. The molecule has 5 nitrogen and oxygen atoms in total. The lowest BCUT2D eigenvalue weighted by Crippen LogP contribution is -2.54. The Hall–Kier alpha value is -0.620. The fourth-order valence-corrected chi connectivity index (χ4v) is 1.98. The fraction of sp³-hybridized carbons (Fsp3) is 0.833. The number of nitrogens with zero attached hydrogens (tertiary/aromatic N) is 1. The molecule has 1 fully saturated rings. The first kappa shape index (κ1) is 9.47. The highest BCUT2D eigenvalue weighted by Gasteiger charge is 2.36. The van der Waals surface area contributed by atoms with Crippen molar-refractivity contribution in [3.63, 3.8) is 0 Å². The number of hydrogen-bond acceptors (Lipinski definition) is 3. The summed E-state index contributed by atoms with van der Waals surface area (Å²) in [5, 5.41) is 2.48. The second-order valence-electron chi connectivity index (χ2n) is 2.89. The summed E-state index contributed by atoms with van der Waals surface area (Å²) in [7, 11) is -1.54. The Bertz CT molecular complexity index is 279. The Morgan fingerprint density at radius 3 is 2.33 bits per heavy atom. The third-order valence-electron chi connectivity index (χ3n) is 1.93.